The highest BCUT2D eigenvalue weighted by atomic mass is 16.5. The van der Waals surface area contributed by atoms with Gasteiger partial charge >= 0.3 is 5.97 Å². The Labute approximate surface area is 118 Å². The van der Waals surface area contributed by atoms with E-state index in [1.807, 2.05) is 0 Å². The molecule has 4 nitrogen and oxygen atoms in total. The number of aromatic nitrogens is 1. The van der Waals surface area contributed by atoms with Crippen LogP contribution in [0.25, 0.3) is 0 Å². The topological polar surface area (TPSA) is 51.2 Å². The minimum absolute atomic E-state index is 0.359. The molecule has 1 aromatic carbocycles. The Balaban J connectivity index is 2.01. The normalized spacial score (nSPS) is 10.1. The van der Waals surface area contributed by atoms with Crippen LogP contribution in [0, 0.1) is 0 Å². The van der Waals surface area contributed by atoms with Crippen molar-refractivity contribution in [3.63, 3.8) is 0 Å². The van der Waals surface area contributed by atoms with Gasteiger partial charge in [0.2, 0.25) is 0 Å². The second-order valence-corrected chi connectivity index (χ2v) is 4.44. The van der Waals surface area contributed by atoms with Crippen LogP contribution in [-0.2, 0) is 17.7 Å². The lowest BCUT2D eigenvalue weighted by Crippen LogP contribution is -2.05. The summed E-state index contributed by atoms with van der Waals surface area (Å²) in [5.41, 5.74) is 2.98. The summed E-state index contributed by atoms with van der Waals surface area (Å²) in [7, 11) is 1.37. The smallest absolute Gasteiger partial charge is 0.338 e. The molecule has 2 rings (SSSR count). The Bertz CT molecular complexity index is 579. The van der Waals surface area contributed by atoms with Gasteiger partial charge in [-0.2, -0.15) is 0 Å². The summed E-state index contributed by atoms with van der Waals surface area (Å²) in [5.74, 6) is 0.301. The summed E-state index contributed by atoms with van der Waals surface area (Å²) < 4.78 is 4.69. The number of ether oxygens (including phenoxy) is 1. The molecule has 0 aliphatic heterocycles. The van der Waals surface area contributed by atoms with Gasteiger partial charge in [0.15, 0.2) is 0 Å². The number of methoxy groups -OCH3 is 1. The first kappa shape index (κ1) is 14.1. The number of esters is 1. The van der Waals surface area contributed by atoms with E-state index in [9.17, 15) is 4.79 Å². The van der Waals surface area contributed by atoms with Crippen molar-refractivity contribution in [3.8, 4) is 0 Å². The summed E-state index contributed by atoms with van der Waals surface area (Å²) in [6, 6.07) is 11.7. The van der Waals surface area contributed by atoms with Gasteiger partial charge in [0.1, 0.15) is 5.82 Å². The second-order valence-electron chi connectivity index (χ2n) is 4.44. The fourth-order valence-corrected chi connectivity index (χ4v) is 1.86. The number of nitrogens with zero attached hydrogens (tertiary/aromatic N) is 1. The molecule has 0 atom stereocenters. The van der Waals surface area contributed by atoms with Gasteiger partial charge in [0, 0.05) is 12.7 Å². The zero-order valence-corrected chi connectivity index (χ0v) is 11.7. The van der Waals surface area contributed by atoms with Crippen LogP contribution < -0.4 is 5.32 Å². The van der Waals surface area contributed by atoms with Crippen molar-refractivity contribution in [2.24, 2.45) is 0 Å². The molecule has 0 amide bonds. The highest BCUT2D eigenvalue weighted by Crippen LogP contribution is 2.11. The van der Waals surface area contributed by atoms with Crippen LogP contribution in [0.5, 0.6) is 0 Å². The van der Waals surface area contributed by atoms with E-state index in [1.165, 1.54) is 18.2 Å². The molecule has 4 heteroatoms. The monoisotopic (exact) mass is 270 g/mol. The average molecular weight is 270 g/mol. The van der Waals surface area contributed by atoms with Crippen molar-refractivity contribution in [2.75, 3.05) is 12.4 Å². The number of hydrogen-bond donors (Lipinski definition) is 1. The van der Waals surface area contributed by atoms with E-state index in [0.717, 1.165) is 6.42 Å². The van der Waals surface area contributed by atoms with Crippen molar-refractivity contribution in [2.45, 2.75) is 19.9 Å². The Morgan fingerprint density at radius 2 is 1.90 bits per heavy atom. The highest BCUT2D eigenvalue weighted by molar-refractivity contribution is 5.89. The maximum Gasteiger partial charge on any atom is 0.338 e. The molecule has 2 aromatic rings. The average Bonchev–Trinajstić information content (AvgIpc) is 2.53. The summed E-state index contributed by atoms with van der Waals surface area (Å²) in [6.07, 6.45) is 2.63. The summed E-state index contributed by atoms with van der Waals surface area (Å²) in [5, 5.41) is 3.20. The number of pyridine rings is 1. The zero-order chi connectivity index (χ0) is 14.4. The number of aryl methyl sites for hydroxylation is 1. The third-order valence-corrected chi connectivity index (χ3v) is 3.09. The zero-order valence-electron chi connectivity index (χ0n) is 11.7. The molecule has 20 heavy (non-hydrogen) atoms. The number of hydrogen-bond acceptors (Lipinski definition) is 4. The van der Waals surface area contributed by atoms with Crippen LogP contribution in [0.15, 0.2) is 42.6 Å². The van der Waals surface area contributed by atoms with E-state index in [4.69, 9.17) is 0 Å². The van der Waals surface area contributed by atoms with Gasteiger partial charge in [-0.05, 0) is 29.7 Å². The third kappa shape index (κ3) is 3.57. The fraction of sp³-hybridized carbons (Fsp3) is 0.250. The van der Waals surface area contributed by atoms with Gasteiger partial charge in [0.25, 0.3) is 0 Å². The van der Waals surface area contributed by atoms with Crippen molar-refractivity contribution in [1.29, 1.82) is 0 Å². The van der Waals surface area contributed by atoms with Gasteiger partial charge in [-0.25, -0.2) is 9.78 Å². The lowest BCUT2D eigenvalue weighted by Gasteiger charge is -2.07. The van der Waals surface area contributed by atoms with Crippen LogP contribution in [0.1, 0.15) is 28.4 Å². The van der Waals surface area contributed by atoms with Crippen molar-refractivity contribution >= 4 is 11.8 Å². The van der Waals surface area contributed by atoms with E-state index >= 15 is 0 Å². The number of rotatable bonds is 5. The van der Waals surface area contributed by atoms with Crippen molar-refractivity contribution in [1.82, 2.24) is 4.98 Å². The maximum absolute atomic E-state index is 11.4. The first-order chi connectivity index (χ1) is 9.72. The highest BCUT2D eigenvalue weighted by Gasteiger charge is 2.06. The predicted molar refractivity (Wildman–Crippen MR) is 78.7 cm³/mol. The van der Waals surface area contributed by atoms with Crippen LogP contribution >= 0.6 is 0 Å². The Morgan fingerprint density at radius 3 is 2.55 bits per heavy atom. The molecular formula is C16H18N2O2. The van der Waals surface area contributed by atoms with Gasteiger partial charge in [-0.3, -0.25) is 0 Å². The minimum atomic E-state index is -0.359. The molecule has 0 saturated carbocycles. The Morgan fingerprint density at radius 1 is 1.20 bits per heavy atom. The molecule has 0 aliphatic rings. The molecule has 0 spiro atoms. The fourth-order valence-electron chi connectivity index (χ4n) is 1.86. The molecule has 104 valence electrons. The first-order valence-electron chi connectivity index (χ1n) is 6.59. The van der Waals surface area contributed by atoms with Crippen molar-refractivity contribution in [3.05, 3.63) is 59.3 Å². The lowest BCUT2D eigenvalue weighted by molar-refractivity contribution is 0.0600. The van der Waals surface area contributed by atoms with Crippen LogP contribution in [0.3, 0.4) is 0 Å². The standard InChI is InChI=1S/C16H18N2O2/c1-3-12-4-6-13(7-5-12)11-18-15-10-14(8-9-17-15)16(19)20-2/h4-10H,3,11H2,1-2H3,(H,17,18). The molecule has 0 saturated heterocycles. The van der Waals surface area contributed by atoms with Crippen molar-refractivity contribution < 1.29 is 9.53 Å². The Hall–Kier alpha value is -2.36. The van der Waals surface area contributed by atoms with E-state index in [-0.39, 0.29) is 5.97 Å². The largest absolute Gasteiger partial charge is 0.465 e. The van der Waals surface area contributed by atoms with E-state index in [2.05, 4.69) is 46.2 Å². The molecule has 1 aromatic heterocycles. The number of carbonyl (C=O) groups is 1. The van der Waals surface area contributed by atoms with Gasteiger partial charge in [0.05, 0.1) is 12.7 Å². The molecule has 0 bridgehead atoms. The van der Waals surface area contributed by atoms with Crippen LogP contribution in [-0.4, -0.2) is 18.1 Å². The van der Waals surface area contributed by atoms with Crippen LogP contribution in [0.4, 0.5) is 5.82 Å². The molecule has 1 N–H and O–H groups in total. The number of nitrogens with one attached hydrogen (secondary N) is 1. The number of carbonyl (C=O) groups excluding carboxylic acids is 1. The first-order valence-corrected chi connectivity index (χ1v) is 6.59. The van der Waals surface area contributed by atoms with Gasteiger partial charge in [-0.15, -0.1) is 0 Å². The maximum atomic E-state index is 11.4. The Kier molecular flexibility index (Phi) is 4.71. The summed E-state index contributed by atoms with van der Waals surface area (Å²) in [4.78, 5) is 15.6. The number of benzene rings is 1. The third-order valence-electron chi connectivity index (χ3n) is 3.09. The molecule has 0 unspecified atom stereocenters. The number of anilines is 1. The molecule has 0 radical (unpaired) electrons. The predicted octanol–water partition coefficient (Wildman–Crippen LogP) is 3.04. The quantitative estimate of drug-likeness (QED) is 0.848. The molecule has 1 heterocycles. The minimum Gasteiger partial charge on any atom is -0.465 e. The van der Waals surface area contributed by atoms with E-state index in [0.29, 0.717) is 17.9 Å². The lowest BCUT2D eigenvalue weighted by atomic mass is 10.1. The SMILES string of the molecule is CCc1ccc(CNc2cc(C(=O)OC)ccn2)cc1. The van der Waals surface area contributed by atoms with Crippen LogP contribution in [0.2, 0.25) is 0 Å². The second kappa shape index (κ2) is 6.70. The molecule has 0 fully saturated rings. The summed E-state index contributed by atoms with van der Waals surface area (Å²) >= 11 is 0. The van der Waals surface area contributed by atoms with Gasteiger partial charge in [-0.1, -0.05) is 31.2 Å². The molecular weight excluding hydrogens is 252 g/mol. The summed E-state index contributed by atoms with van der Waals surface area (Å²) in [6.45, 7) is 2.80. The van der Waals surface area contributed by atoms with Gasteiger partial charge < -0.3 is 10.1 Å². The van der Waals surface area contributed by atoms with E-state index in [1.54, 1.807) is 18.3 Å². The molecule has 0 aliphatic carbocycles. The van der Waals surface area contributed by atoms with E-state index < -0.39 is 0 Å².